The summed E-state index contributed by atoms with van der Waals surface area (Å²) in [5, 5.41) is 0. The fourth-order valence-corrected chi connectivity index (χ4v) is 17.7. The zero-order valence-corrected chi connectivity index (χ0v) is 13.1. The van der Waals surface area contributed by atoms with Crippen LogP contribution in [0, 0.1) is 0 Å². The van der Waals surface area contributed by atoms with Crippen LogP contribution in [0.2, 0.25) is 19.6 Å². The fourth-order valence-electron chi connectivity index (χ4n) is 2.62. The second kappa shape index (κ2) is 4.53. The summed E-state index contributed by atoms with van der Waals surface area (Å²) >= 11 is 0. The van der Waals surface area contributed by atoms with Crippen LogP contribution in [0.3, 0.4) is 0 Å². The van der Waals surface area contributed by atoms with E-state index in [1.165, 1.54) is 0 Å². The van der Waals surface area contributed by atoms with Crippen LogP contribution in [0.15, 0.2) is 0 Å². The van der Waals surface area contributed by atoms with E-state index >= 15 is 0 Å². The summed E-state index contributed by atoms with van der Waals surface area (Å²) in [5.74, 6) is 0. The SMILES string of the molecule is CN(C)S(N(C)C)(N(C)C)[Si](C)(C)C. The smallest absolute Gasteiger partial charge is 0.138 e. The van der Waals surface area contributed by atoms with Crippen LogP contribution in [0.5, 0.6) is 0 Å². The van der Waals surface area contributed by atoms with E-state index in [9.17, 15) is 0 Å². The number of hydrogen-bond acceptors (Lipinski definition) is 3. The Labute approximate surface area is 92.4 Å². The topological polar surface area (TPSA) is 9.72 Å². The molecule has 0 atom stereocenters. The van der Waals surface area contributed by atoms with Crippen LogP contribution in [-0.4, -0.2) is 62.4 Å². The van der Waals surface area contributed by atoms with Gasteiger partial charge in [0.1, 0.15) is 7.22 Å². The van der Waals surface area contributed by atoms with E-state index in [1.807, 2.05) is 0 Å². The third-order valence-electron chi connectivity index (χ3n) is 2.35. The van der Waals surface area contributed by atoms with E-state index in [2.05, 4.69) is 74.8 Å². The van der Waals surface area contributed by atoms with Gasteiger partial charge in [0.05, 0.1) is 0 Å². The molecule has 3 nitrogen and oxygen atoms in total. The van der Waals surface area contributed by atoms with E-state index in [4.69, 9.17) is 0 Å². The Balaban J connectivity index is 5.40. The van der Waals surface area contributed by atoms with Gasteiger partial charge in [-0.15, -0.1) is 0 Å². The molecule has 0 heterocycles. The van der Waals surface area contributed by atoms with Crippen molar-refractivity contribution in [2.75, 3.05) is 42.3 Å². The molecule has 0 rings (SSSR count). The first-order valence-corrected chi connectivity index (χ1v) is 10.7. The lowest BCUT2D eigenvalue weighted by molar-refractivity contribution is 0.509. The van der Waals surface area contributed by atoms with E-state index in [1.54, 1.807) is 0 Å². The van der Waals surface area contributed by atoms with Gasteiger partial charge in [-0.3, -0.25) is 12.9 Å². The molecule has 0 spiro atoms. The Hall–Kier alpha value is 0.447. The first-order chi connectivity index (χ1) is 6.08. The second-order valence-corrected chi connectivity index (χ2v) is 17.8. The van der Waals surface area contributed by atoms with Gasteiger partial charge in [0.2, 0.25) is 0 Å². The van der Waals surface area contributed by atoms with E-state index < -0.39 is 17.3 Å². The maximum Gasteiger partial charge on any atom is 0.138 e. The van der Waals surface area contributed by atoms with Gasteiger partial charge < -0.3 is 0 Å². The predicted octanol–water partition coefficient (Wildman–Crippen LogP) is 2.06. The zero-order chi connectivity index (χ0) is 11.7. The highest BCUT2D eigenvalue weighted by atomic mass is 32.5. The minimum atomic E-state index is -1.27. The molecule has 0 aliphatic carbocycles. The van der Waals surface area contributed by atoms with Gasteiger partial charge in [-0.1, -0.05) is 29.7 Å². The summed E-state index contributed by atoms with van der Waals surface area (Å²) in [4.78, 5) is 0. The van der Waals surface area contributed by atoms with Crippen molar-refractivity contribution < 1.29 is 0 Å². The molecular formula is C9H27N3SSi. The molecule has 0 unspecified atom stereocenters. The quantitative estimate of drug-likeness (QED) is 0.693. The van der Waals surface area contributed by atoms with Crippen molar-refractivity contribution >= 4 is 17.3 Å². The van der Waals surface area contributed by atoms with Crippen LogP contribution in [0.4, 0.5) is 0 Å². The molecule has 0 saturated heterocycles. The standard InChI is InChI=1S/C9H27N3SSi/c1-10(2)13(11(3)4,12(5)6)14(7,8)9/h1-9H3. The van der Waals surface area contributed by atoms with Gasteiger partial charge >= 0.3 is 0 Å². The van der Waals surface area contributed by atoms with Crippen LogP contribution < -0.4 is 0 Å². The Morgan fingerprint density at radius 1 is 0.643 bits per heavy atom. The second-order valence-electron chi connectivity index (χ2n) is 5.07. The largest absolute Gasteiger partial charge is 0.256 e. The van der Waals surface area contributed by atoms with Gasteiger partial charge in [-0.2, -0.15) is 0 Å². The molecule has 0 saturated carbocycles. The van der Waals surface area contributed by atoms with Crippen LogP contribution in [-0.2, 0) is 0 Å². The van der Waals surface area contributed by atoms with Gasteiger partial charge in [0.25, 0.3) is 0 Å². The molecule has 0 amide bonds. The Bertz CT molecular complexity index is 165. The molecule has 0 bridgehead atoms. The van der Waals surface area contributed by atoms with Crippen molar-refractivity contribution in [3.05, 3.63) is 0 Å². The lowest BCUT2D eigenvalue weighted by atomic mass is 11.2. The van der Waals surface area contributed by atoms with E-state index in [0.717, 1.165) is 0 Å². The number of rotatable bonds is 4. The summed E-state index contributed by atoms with van der Waals surface area (Å²) in [7, 11) is 11.0. The molecule has 5 heteroatoms. The molecule has 0 aromatic heterocycles. The highest BCUT2D eigenvalue weighted by molar-refractivity contribution is 8.51. The average molecular weight is 237 g/mol. The van der Waals surface area contributed by atoms with Crippen molar-refractivity contribution in [1.82, 2.24) is 12.9 Å². The third kappa shape index (κ3) is 2.16. The Kier molecular flexibility index (Phi) is 4.67. The predicted molar refractivity (Wildman–Crippen MR) is 72.0 cm³/mol. The zero-order valence-electron chi connectivity index (χ0n) is 11.2. The highest BCUT2D eigenvalue weighted by Crippen LogP contribution is 2.60. The van der Waals surface area contributed by atoms with E-state index in [-0.39, 0.29) is 0 Å². The van der Waals surface area contributed by atoms with Gasteiger partial charge in [0, 0.05) is 0 Å². The molecule has 0 aromatic carbocycles. The molecule has 14 heavy (non-hydrogen) atoms. The van der Waals surface area contributed by atoms with Crippen molar-refractivity contribution in [3.8, 4) is 0 Å². The lowest BCUT2D eigenvalue weighted by Gasteiger charge is -2.61. The average Bonchev–Trinajstić information content (AvgIpc) is 1.79. The summed E-state index contributed by atoms with van der Waals surface area (Å²) < 4.78 is 7.25. The van der Waals surface area contributed by atoms with Gasteiger partial charge in [0.15, 0.2) is 0 Å². The molecule has 0 aliphatic rings. The molecule has 0 fully saturated rings. The monoisotopic (exact) mass is 237 g/mol. The minimum Gasteiger partial charge on any atom is -0.256 e. The van der Waals surface area contributed by atoms with Crippen LogP contribution in [0.25, 0.3) is 0 Å². The summed E-state index contributed by atoms with van der Waals surface area (Å²) in [6.45, 7) is 7.34. The summed E-state index contributed by atoms with van der Waals surface area (Å²) in [5.41, 5.74) is 0. The molecule has 0 N–H and O–H groups in total. The number of hydrogen-bond donors (Lipinski definition) is 0. The molecule has 0 aromatic rings. The van der Waals surface area contributed by atoms with E-state index in [0.29, 0.717) is 0 Å². The van der Waals surface area contributed by atoms with Crippen molar-refractivity contribution in [3.63, 3.8) is 0 Å². The molecule has 0 radical (unpaired) electrons. The maximum atomic E-state index is 2.45. The number of nitrogens with zero attached hydrogens (tertiary/aromatic N) is 3. The van der Waals surface area contributed by atoms with Crippen LogP contribution in [0.1, 0.15) is 0 Å². The summed E-state index contributed by atoms with van der Waals surface area (Å²) in [6.07, 6.45) is 0. The first kappa shape index (κ1) is 14.4. The third-order valence-corrected chi connectivity index (χ3v) is 15.3. The molecular weight excluding hydrogens is 210 g/mol. The highest BCUT2D eigenvalue weighted by Gasteiger charge is 2.44. The normalized spacial score (nSPS) is 15.7. The Morgan fingerprint density at radius 3 is 0.857 bits per heavy atom. The maximum absolute atomic E-state index is 2.45. The molecule has 0 aliphatic heterocycles. The minimum absolute atomic E-state index is 0.924. The lowest BCUT2D eigenvalue weighted by Crippen LogP contribution is -2.53. The van der Waals surface area contributed by atoms with Gasteiger partial charge in [-0.25, -0.2) is 0 Å². The molecule has 88 valence electrons. The first-order valence-electron chi connectivity index (χ1n) is 4.94. The van der Waals surface area contributed by atoms with Crippen molar-refractivity contribution in [2.45, 2.75) is 19.6 Å². The Morgan fingerprint density at radius 2 is 0.857 bits per heavy atom. The van der Waals surface area contributed by atoms with Gasteiger partial charge in [-0.05, 0) is 42.3 Å². The summed E-state index contributed by atoms with van der Waals surface area (Å²) in [6, 6.07) is 0. The van der Waals surface area contributed by atoms with Crippen molar-refractivity contribution in [2.24, 2.45) is 0 Å². The van der Waals surface area contributed by atoms with Crippen molar-refractivity contribution in [1.29, 1.82) is 0 Å². The van der Waals surface area contributed by atoms with Crippen LogP contribution >= 0.6 is 10.0 Å². The fraction of sp³-hybridized carbons (Fsp3) is 1.00.